The second kappa shape index (κ2) is 6.56. The summed E-state index contributed by atoms with van der Waals surface area (Å²) in [6.07, 6.45) is 0. The Bertz CT molecular complexity index is 457. The molecule has 0 fully saturated rings. The molecule has 1 aromatic carbocycles. The van der Waals surface area contributed by atoms with Gasteiger partial charge < -0.3 is 16.4 Å². The van der Waals surface area contributed by atoms with Crippen LogP contribution in [0.3, 0.4) is 0 Å². The SMILES string of the molecule is CCNC(=O)Nc1ccc(C#CCN)cc1C. The fourth-order valence-electron chi connectivity index (χ4n) is 1.36. The van der Waals surface area contributed by atoms with Crippen LogP contribution >= 0.6 is 0 Å². The van der Waals surface area contributed by atoms with Crippen molar-refractivity contribution in [1.29, 1.82) is 0 Å². The monoisotopic (exact) mass is 231 g/mol. The Hall–Kier alpha value is -1.99. The third-order valence-electron chi connectivity index (χ3n) is 2.15. The van der Waals surface area contributed by atoms with Gasteiger partial charge in [0.2, 0.25) is 0 Å². The van der Waals surface area contributed by atoms with E-state index >= 15 is 0 Å². The van der Waals surface area contributed by atoms with Gasteiger partial charge in [-0.3, -0.25) is 0 Å². The van der Waals surface area contributed by atoms with Gasteiger partial charge >= 0.3 is 6.03 Å². The highest BCUT2D eigenvalue weighted by Gasteiger charge is 2.02. The highest BCUT2D eigenvalue weighted by atomic mass is 16.2. The number of nitrogens with two attached hydrogens (primary N) is 1. The van der Waals surface area contributed by atoms with Crippen molar-refractivity contribution in [1.82, 2.24) is 5.32 Å². The molecule has 0 saturated carbocycles. The zero-order valence-electron chi connectivity index (χ0n) is 10.1. The molecule has 0 aromatic heterocycles. The minimum atomic E-state index is -0.198. The molecule has 0 spiro atoms. The smallest absolute Gasteiger partial charge is 0.319 e. The molecular weight excluding hydrogens is 214 g/mol. The van der Waals surface area contributed by atoms with Gasteiger partial charge in [0.15, 0.2) is 0 Å². The van der Waals surface area contributed by atoms with Crippen LogP contribution in [0.5, 0.6) is 0 Å². The number of rotatable bonds is 2. The van der Waals surface area contributed by atoms with Gasteiger partial charge in [0, 0.05) is 17.8 Å². The number of urea groups is 1. The molecule has 90 valence electrons. The molecule has 0 atom stereocenters. The first-order chi connectivity index (χ1) is 8.17. The van der Waals surface area contributed by atoms with Crippen LogP contribution in [-0.2, 0) is 0 Å². The van der Waals surface area contributed by atoms with E-state index < -0.39 is 0 Å². The maximum Gasteiger partial charge on any atom is 0.319 e. The predicted octanol–water partition coefficient (Wildman–Crippen LogP) is 1.45. The number of hydrogen-bond acceptors (Lipinski definition) is 2. The van der Waals surface area contributed by atoms with E-state index in [2.05, 4.69) is 22.5 Å². The third-order valence-corrected chi connectivity index (χ3v) is 2.15. The Kier molecular flexibility index (Phi) is 5.05. The second-order valence-corrected chi connectivity index (χ2v) is 3.52. The van der Waals surface area contributed by atoms with E-state index in [0.717, 1.165) is 16.8 Å². The van der Waals surface area contributed by atoms with Crippen molar-refractivity contribution >= 4 is 11.7 Å². The molecule has 0 aliphatic carbocycles. The van der Waals surface area contributed by atoms with E-state index in [9.17, 15) is 4.79 Å². The van der Waals surface area contributed by atoms with Crippen LogP contribution in [0.1, 0.15) is 18.1 Å². The molecule has 0 radical (unpaired) electrons. The Balaban J connectivity index is 2.79. The van der Waals surface area contributed by atoms with Crippen LogP contribution in [0.25, 0.3) is 0 Å². The van der Waals surface area contributed by atoms with Crippen LogP contribution in [0.2, 0.25) is 0 Å². The molecule has 1 rings (SSSR count). The Morgan fingerprint density at radius 1 is 1.47 bits per heavy atom. The largest absolute Gasteiger partial charge is 0.338 e. The molecule has 4 heteroatoms. The van der Waals surface area contributed by atoms with Crippen LogP contribution < -0.4 is 16.4 Å². The molecule has 2 amide bonds. The molecule has 0 bridgehead atoms. The van der Waals surface area contributed by atoms with Gasteiger partial charge in [0.25, 0.3) is 0 Å². The quantitative estimate of drug-likeness (QED) is 0.674. The van der Waals surface area contributed by atoms with E-state index in [1.807, 2.05) is 32.0 Å². The van der Waals surface area contributed by atoms with E-state index in [1.165, 1.54) is 0 Å². The molecule has 0 saturated heterocycles. The lowest BCUT2D eigenvalue weighted by Crippen LogP contribution is -2.28. The van der Waals surface area contributed by atoms with Gasteiger partial charge in [-0.15, -0.1) is 0 Å². The molecule has 1 aromatic rings. The number of anilines is 1. The number of aryl methyl sites for hydroxylation is 1. The van der Waals surface area contributed by atoms with Crippen LogP contribution in [-0.4, -0.2) is 19.1 Å². The Morgan fingerprint density at radius 3 is 2.82 bits per heavy atom. The third kappa shape index (κ3) is 4.17. The molecule has 4 N–H and O–H groups in total. The second-order valence-electron chi connectivity index (χ2n) is 3.52. The van der Waals surface area contributed by atoms with Crippen molar-refractivity contribution in [3.63, 3.8) is 0 Å². The summed E-state index contributed by atoms with van der Waals surface area (Å²) in [7, 11) is 0. The zero-order valence-corrected chi connectivity index (χ0v) is 10.1. The van der Waals surface area contributed by atoms with Crippen molar-refractivity contribution < 1.29 is 4.79 Å². The highest BCUT2D eigenvalue weighted by molar-refractivity contribution is 5.90. The normalized spacial score (nSPS) is 9.12. The van der Waals surface area contributed by atoms with E-state index in [-0.39, 0.29) is 6.03 Å². The van der Waals surface area contributed by atoms with E-state index in [0.29, 0.717) is 13.1 Å². The van der Waals surface area contributed by atoms with Gasteiger partial charge in [-0.25, -0.2) is 4.79 Å². The summed E-state index contributed by atoms with van der Waals surface area (Å²) in [5, 5.41) is 5.45. The lowest BCUT2D eigenvalue weighted by Gasteiger charge is -2.08. The average molecular weight is 231 g/mol. The predicted molar refractivity (Wildman–Crippen MR) is 69.8 cm³/mol. The summed E-state index contributed by atoms with van der Waals surface area (Å²) in [6, 6.07) is 5.42. The number of hydrogen-bond donors (Lipinski definition) is 3. The first kappa shape index (κ1) is 13.1. The zero-order chi connectivity index (χ0) is 12.7. The lowest BCUT2D eigenvalue weighted by atomic mass is 10.1. The highest BCUT2D eigenvalue weighted by Crippen LogP contribution is 2.15. The maximum atomic E-state index is 11.4. The molecule has 4 nitrogen and oxygen atoms in total. The summed E-state index contributed by atoms with van der Waals surface area (Å²) in [5.74, 6) is 5.74. The van der Waals surface area contributed by atoms with Crippen LogP contribution in [0.15, 0.2) is 18.2 Å². The number of amides is 2. The van der Waals surface area contributed by atoms with E-state index in [4.69, 9.17) is 5.73 Å². The summed E-state index contributed by atoms with van der Waals surface area (Å²) in [5.41, 5.74) is 7.96. The molecule has 0 heterocycles. The molecule has 17 heavy (non-hydrogen) atoms. The average Bonchev–Trinajstić information content (AvgIpc) is 2.30. The number of carbonyl (C=O) groups is 1. The van der Waals surface area contributed by atoms with Gasteiger partial charge in [-0.05, 0) is 37.6 Å². The van der Waals surface area contributed by atoms with Crippen molar-refractivity contribution in [3.05, 3.63) is 29.3 Å². The minimum absolute atomic E-state index is 0.198. The topological polar surface area (TPSA) is 67.2 Å². The summed E-state index contributed by atoms with van der Waals surface area (Å²) < 4.78 is 0. The minimum Gasteiger partial charge on any atom is -0.338 e. The van der Waals surface area contributed by atoms with Crippen molar-refractivity contribution in [3.8, 4) is 11.8 Å². The first-order valence-corrected chi connectivity index (χ1v) is 5.51. The van der Waals surface area contributed by atoms with Crippen molar-refractivity contribution in [2.24, 2.45) is 5.73 Å². The standard InChI is InChI=1S/C13H17N3O/c1-3-15-13(17)16-12-7-6-11(5-4-8-14)9-10(12)2/h6-7,9H,3,8,14H2,1-2H3,(H2,15,16,17). The van der Waals surface area contributed by atoms with Crippen LogP contribution in [0, 0.1) is 18.8 Å². The summed E-state index contributed by atoms with van der Waals surface area (Å²) >= 11 is 0. The molecular formula is C13H17N3O. The van der Waals surface area contributed by atoms with Gasteiger partial charge in [0.1, 0.15) is 0 Å². The van der Waals surface area contributed by atoms with Gasteiger partial charge in [-0.2, -0.15) is 0 Å². The van der Waals surface area contributed by atoms with E-state index in [1.54, 1.807) is 0 Å². The summed E-state index contributed by atoms with van der Waals surface area (Å²) in [6.45, 7) is 4.75. The van der Waals surface area contributed by atoms with Crippen molar-refractivity contribution in [2.75, 3.05) is 18.4 Å². The van der Waals surface area contributed by atoms with Crippen LogP contribution in [0.4, 0.5) is 10.5 Å². The van der Waals surface area contributed by atoms with Crippen molar-refractivity contribution in [2.45, 2.75) is 13.8 Å². The first-order valence-electron chi connectivity index (χ1n) is 5.51. The molecule has 0 unspecified atom stereocenters. The Labute approximate surface area is 102 Å². The van der Waals surface area contributed by atoms with Gasteiger partial charge in [-0.1, -0.05) is 11.8 Å². The molecule has 0 aliphatic heterocycles. The fraction of sp³-hybridized carbons (Fsp3) is 0.308. The number of benzene rings is 1. The summed E-state index contributed by atoms with van der Waals surface area (Å²) in [4.78, 5) is 11.4. The number of nitrogens with one attached hydrogen (secondary N) is 2. The Morgan fingerprint density at radius 2 is 2.24 bits per heavy atom. The van der Waals surface area contributed by atoms with Gasteiger partial charge in [0.05, 0.1) is 6.54 Å². The fourth-order valence-corrected chi connectivity index (χ4v) is 1.36. The maximum absolute atomic E-state index is 11.4. The lowest BCUT2D eigenvalue weighted by molar-refractivity contribution is 0.252. The molecule has 0 aliphatic rings. The number of carbonyl (C=O) groups excluding carboxylic acids is 1.